The Morgan fingerprint density at radius 2 is 2.17 bits per heavy atom. The van der Waals surface area contributed by atoms with Crippen LogP contribution >= 0.6 is 0 Å². The van der Waals surface area contributed by atoms with E-state index in [0.29, 0.717) is 18.5 Å². The molecule has 4 rings (SSSR count). The fraction of sp³-hybridized carbons (Fsp3) is 0.647. The number of nitrogens with zero attached hydrogens (tertiary/aromatic N) is 3. The molecule has 0 radical (unpaired) electrons. The van der Waals surface area contributed by atoms with Crippen LogP contribution in [0.4, 0.5) is 8.78 Å². The van der Waals surface area contributed by atoms with Gasteiger partial charge in [-0.3, -0.25) is 14.7 Å². The van der Waals surface area contributed by atoms with Crippen molar-refractivity contribution in [2.45, 2.75) is 37.8 Å². The summed E-state index contributed by atoms with van der Waals surface area (Å²) in [4.78, 5) is 20.8. The summed E-state index contributed by atoms with van der Waals surface area (Å²) in [6.45, 7) is 3.30. The van der Waals surface area contributed by atoms with Crippen molar-refractivity contribution in [3.05, 3.63) is 30.1 Å². The minimum atomic E-state index is -2.62. The van der Waals surface area contributed by atoms with Gasteiger partial charge in [-0.1, -0.05) is 6.07 Å². The molecule has 1 amide bonds. The lowest BCUT2D eigenvalue weighted by Gasteiger charge is -2.36. The highest BCUT2D eigenvalue weighted by atomic mass is 19.3. The predicted octanol–water partition coefficient (Wildman–Crippen LogP) is 2.16. The number of pyridine rings is 1. The predicted molar refractivity (Wildman–Crippen MR) is 80.8 cm³/mol. The van der Waals surface area contributed by atoms with E-state index in [9.17, 15) is 13.6 Å². The summed E-state index contributed by atoms with van der Waals surface area (Å²) in [5.41, 5.74) is 1.18. The van der Waals surface area contributed by atoms with E-state index in [1.54, 1.807) is 6.20 Å². The first-order chi connectivity index (χ1) is 11.0. The van der Waals surface area contributed by atoms with Crippen molar-refractivity contribution < 1.29 is 13.6 Å². The van der Waals surface area contributed by atoms with Crippen molar-refractivity contribution in [2.24, 2.45) is 11.8 Å². The third kappa shape index (κ3) is 2.84. The first-order valence-electron chi connectivity index (χ1n) is 8.31. The second-order valence-corrected chi connectivity index (χ2v) is 7.15. The molecule has 1 aromatic rings. The normalized spacial score (nSPS) is 30.3. The Hall–Kier alpha value is -1.56. The second kappa shape index (κ2) is 5.51. The van der Waals surface area contributed by atoms with Crippen LogP contribution in [0.3, 0.4) is 0 Å². The molecule has 0 bridgehead atoms. The number of carbonyl (C=O) groups is 1. The van der Waals surface area contributed by atoms with Crippen LogP contribution in [0, 0.1) is 11.8 Å². The van der Waals surface area contributed by atoms with Crippen LogP contribution in [0.1, 0.15) is 24.8 Å². The molecule has 3 fully saturated rings. The van der Waals surface area contributed by atoms with Crippen LogP contribution in [-0.2, 0) is 11.3 Å². The van der Waals surface area contributed by atoms with Gasteiger partial charge in [-0.25, -0.2) is 8.78 Å². The van der Waals surface area contributed by atoms with E-state index in [0.717, 1.165) is 26.1 Å². The Labute approximate surface area is 134 Å². The summed E-state index contributed by atoms with van der Waals surface area (Å²) < 4.78 is 26.0. The summed E-state index contributed by atoms with van der Waals surface area (Å²) in [7, 11) is 0. The summed E-state index contributed by atoms with van der Waals surface area (Å²) in [6, 6.07) is 4.36. The molecular formula is C17H21F2N3O. The molecule has 124 valence electrons. The minimum absolute atomic E-state index is 0.0633. The van der Waals surface area contributed by atoms with Crippen molar-refractivity contribution in [1.29, 1.82) is 0 Å². The molecule has 0 unspecified atom stereocenters. The summed E-state index contributed by atoms with van der Waals surface area (Å²) >= 11 is 0. The fourth-order valence-electron chi connectivity index (χ4n) is 4.25. The highest BCUT2D eigenvalue weighted by molar-refractivity contribution is 5.80. The van der Waals surface area contributed by atoms with Gasteiger partial charge in [0.25, 0.3) is 0 Å². The van der Waals surface area contributed by atoms with Gasteiger partial charge >= 0.3 is 0 Å². The standard InChI is InChI=1S/C17H21F2N3O/c18-17(19)6-14(7-17)16(23)22-10-13-3-5-21(15(13)11-22)9-12-2-1-4-20-8-12/h1-2,4,8,13-15H,3,5-7,9-11H2/t13-,15+/m0/s1. The molecule has 1 aromatic heterocycles. The lowest BCUT2D eigenvalue weighted by atomic mass is 9.80. The number of aromatic nitrogens is 1. The maximum Gasteiger partial charge on any atom is 0.249 e. The number of hydrogen-bond donors (Lipinski definition) is 0. The van der Waals surface area contributed by atoms with Crippen molar-refractivity contribution in [3.8, 4) is 0 Å². The van der Waals surface area contributed by atoms with Gasteiger partial charge in [0.15, 0.2) is 0 Å². The van der Waals surface area contributed by atoms with Gasteiger partial charge in [-0.2, -0.15) is 0 Å². The Kier molecular flexibility index (Phi) is 3.59. The number of amides is 1. The Morgan fingerprint density at radius 3 is 2.87 bits per heavy atom. The third-order valence-electron chi connectivity index (χ3n) is 5.52. The van der Waals surface area contributed by atoms with E-state index in [2.05, 4.69) is 16.0 Å². The molecule has 2 saturated heterocycles. The van der Waals surface area contributed by atoms with Gasteiger partial charge in [-0.15, -0.1) is 0 Å². The van der Waals surface area contributed by atoms with Gasteiger partial charge in [0.2, 0.25) is 11.8 Å². The number of rotatable bonds is 3. The Morgan fingerprint density at radius 1 is 1.35 bits per heavy atom. The van der Waals surface area contributed by atoms with E-state index >= 15 is 0 Å². The molecule has 3 heterocycles. The number of fused-ring (bicyclic) bond motifs is 1. The zero-order chi connectivity index (χ0) is 16.0. The lowest BCUT2D eigenvalue weighted by molar-refractivity contribution is -0.159. The van der Waals surface area contributed by atoms with Crippen LogP contribution in [0.5, 0.6) is 0 Å². The SMILES string of the molecule is O=C(C1CC(F)(F)C1)N1C[C@@H]2CCN(Cc3cccnc3)[C@@H]2C1. The van der Waals surface area contributed by atoms with Crippen LogP contribution in [0.25, 0.3) is 0 Å². The van der Waals surface area contributed by atoms with Gasteiger partial charge in [-0.05, 0) is 30.5 Å². The van der Waals surface area contributed by atoms with Crippen LogP contribution in [0.15, 0.2) is 24.5 Å². The van der Waals surface area contributed by atoms with Crippen molar-refractivity contribution in [3.63, 3.8) is 0 Å². The van der Waals surface area contributed by atoms with Crippen molar-refractivity contribution in [2.75, 3.05) is 19.6 Å². The van der Waals surface area contributed by atoms with E-state index in [4.69, 9.17) is 0 Å². The summed E-state index contributed by atoms with van der Waals surface area (Å²) in [5.74, 6) is -2.67. The average Bonchev–Trinajstić information content (AvgIpc) is 3.07. The van der Waals surface area contributed by atoms with E-state index < -0.39 is 11.8 Å². The number of alkyl halides is 2. The maximum atomic E-state index is 13.0. The highest BCUT2D eigenvalue weighted by Crippen LogP contribution is 2.44. The molecule has 3 aliphatic rings. The fourth-order valence-corrected chi connectivity index (χ4v) is 4.25. The second-order valence-electron chi connectivity index (χ2n) is 7.15. The van der Waals surface area contributed by atoms with Gasteiger partial charge in [0, 0.05) is 56.8 Å². The minimum Gasteiger partial charge on any atom is -0.341 e. The monoisotopic (exact) mass is 321 g/mol. The smallest absolute Gasteiger partial charge is 0.249 e. The van der Waals surface area contributed by atoms with Crippen molar-refractivity contribution in [1.82, 2.24) is 14.8 Å². The zero-order valence-electron chi connectivity index (χ0n) is 13.0. The first kappa shape index (κ1) is 15.0. The molecule has 1 saturated carbocycles. The lowest BCUT2D eigenvalue weighted by Crippen LogP contribution is -2.47. The average molecular weight is 321 g/mol. The molecule has 0 N–H and O–H groups in total. The number of hydrogen-bond acceptors (Lipinski definition) is 3. The van der Waals surface area contributed by atoms with E-state index in [1.165, 1.54) is 5.56 Å². The topological polar surface area (TPSA) is 36.4 Å². The van der Waals surface area contributed by atoms with Crippen LogP contribution in [-0.4, -0.2) is 52.3 Å². The van der Waals surface area contributed by atoms with Crippen LogP contribution in [0.2, 0.25) is 0 Å². The maximum absolute atomic E-state index is 13.0. The molecule has 4 nitrogen and oxygen atoms in total. The number of halogens is 2. The van der Waals surface area contributed by atoms with Gasteiger partial charge in [0.1, 0.15) is 0 Å². The van der Waals surface area contributed by atoms with Gasteiger partial charge in [0.05, 0.1) is 0 Å². The Balaban J connectivity index is 1.37. The zero-order valence-corrected chi connectivity index (χ0v) is 13.0. The first-order valence-corrected chi connectivity index (χ1v) is 8.31. The molecule has 0 aromatic carbocycles. The molecule has 2 atom stereocenters. The number of likely N-dealkylation sites (tertiary alicyclic amines) is 2. The van der Waals surface area contributed by atoms with Gasteiger partial charge < -0.3 is 4.90 Å². The molecule has 23 heavy (non-hydrogen) atoms. The highest BCUT2D eigenvalue weighted by Gasteiger charge is 2.52. The van der Waals surface area contributed by atoms with Crippen LogP contribution < -0.4 is 0 Å². The largest absolute Gasteiger partial charge is 0.341 e. The van der Waals surface area contributed by atoms with E-state index in [1.807, 2.05) is 17.2 Å². The summed E-state index contributed by atoms with van der Waals surface area (Å²) in [6.07, 6.45) is 4.19. The molecular weight excluding hydrogens is 300 g/mol. The third-order valence-corrected chi connectivity index (χ3v) is 5.52. The Bertz CT molecular complexity index is 587. The summed E-state index contributed by atoms with van der Waals surface area (Å²) in [5, 5.41) is 0. The molecule has 6 heteroatoms. The number of carbonyl (C=O) groups excluding carboxylic acids is 1. The molecule has 2 aliphatic heterocycles. The molecule has 0 spiro atoms. The molecule has 1 aliphatic carbocycles. The van der Waals surface area contributed by atoms with E-state index in [-0.39, 0.29) is 18.7 Å². The quantitative estimate of drug-likeness (QED) is 0.856. The van der Waals surface area contributed by atoms with Crippen molar-refractivity contribution >= 4 is 5.91 Å².